The van der Waals surface area contributed by atoms with Gasteiger partial charge in [0.2, 0.25) is 0 Å². The highest BCUT2D eigenvalue weighted by Crippen LogP contribution is 2.36. The number of nitrogens with one attached hydrogen (secondary N) is 1. The maximum Gasteiger partial charge on any atom is 0.0583 e. The van der Waals surface area contributed by atoms with Crippen LogP contribution in [0.5, 0.6) is 0 Å². The number of rotatable bonds is 2. The van der Waals surface area contributed by atoms with E-state index >= 15 is 0 Å². The quantitative estimate of drug-likeness (QED) is 0.361. The van der Waals surface area contributed by atoms with Crippen LogP contribution in [0.2, 0.25) is 0 Å². The lowest BCUT2D eigenvalue weighted by molar-refractivity contribution is 0.603. The molecule has 4 rings (SSSR count). The van der Waals surface area contributed by atoms with Gasteiger partial charge in [-0.15, -0.1) is 0 Å². The van der Waals surface area contributed by atoms with Crippen LogP contribution in [0.25, 0.3) is 0 Å². The number of hydrogen-bond donors (Lipinski definition) is 7. The van der Waals surface area contributed by atoms with Gasteiger partial charge >= 0.3 is 0 Å². The highest BCUT2D eigenvalue weighted by Gasteiger charge is 2.20. The molecule has 7 heteroatoms. The summed E-state index contributed by atoms with van der Waals surface area (Å²) < 4.78 is 0. The fourth-order valence-electron chi connectivity index (χ4n) is 4.26. The van der Waals surface area contributed by atoms with Gasteiger partial charge in [-0.3, -0.25) is 0 Å². The summed E-state index contributed by atoms with van der Waals surface area (Å²) in [6, 6.07) is 6.25. The number of nitrogen functional groups attached to an aromatic ring is 4. The zero-order valence-corrected chi connectivity index (χ0v) is 19.3. The SMILES string of the molecule is CNCc1ccc(N)c(N)c1.Cc1c(N)c(N)c(C)c2c1CCC2.NC1CCCC1N. The van der Waals surface area contributed by atoms with Crippen LogP contribution in [-0.2, 0) is 19.4 Å². The van der Waals surface area contributed by atoms with Crippen molar-refractivity contribution in [2.45, 2.75) is 71.0 Å². The lowest BCUT2D eigenvalue weighted by Crippen LogP contribution is -2.35. The number of fused-ring (bicyclic) bond motifs is 1. The van der Waals surface area contributed by atoms with Crippen molar-refractivity contribution in [3.05, 3.63) is 46.0 Å². The van der Waals surface area contributed by atoms with Crippen LogP contribution in [0.4, 0.5) is 22.7 Å². The van der Waals surface area contributed by atoms with Crippen molar-refractivity contribution in [3.8, 4) is 0 Å². The molecule has 2 aliphatic carbocycles. The van der Waals surface area contributed by atoms with Crippen molar-refractivity contribution >= 4 is 22.7 Å². The lowest BCUT2D eigenvalue weighted by Gasteiger charge is -2.14. The first-order valence-electron chi connectivity index (χ1n) is 11.1. The zero-order chi connectivity index (χ0) is 23.1. The molecule has 31 heavy (non-hydrogen) atoms. The molecule has 0 aromatic heterocycles. The standard InChI is InChI=1S/C11H16N2.C8H13N3.C5H12N2/c1-6-8-4-3-5-9(8)7(2)11(13)10(6)12;1-11-5-6-2-3-7(9)8(10)4-6;6-4-2-1-3-5(4)7/h3-5,12-13H2,1-2H3;2-4,11H,5,9-10H2,1H3;4-5H,1-3,6-7H2. The predicted octanol–water partition coefficient (Wildman–Crippen LogP) is 2.35. The summed E-state index contributed by atoms with van der Waals surface area (Å²) in [5.41, 5.74) is 43.4. The van der Waals surface area contributed by atoms with Gasteiger partial charge in [0.15, 0.2) is 0 Å². The molecular formula is C24H41N7. The third-order valence-electron chi connectivity index (χ3n) is 6.38. The molecule has 0 amide bonds. The fraction of sp³-hybridized carbons (Fsp3) is 0.500. The van der Waals surface area contributed by atoms with E-state index in [1.54, 1.807) is 0 Å². The summed E-state index contributed by atoms with van der Waals surface area (Å²) in [5, 5.41) is 3.03. The Morgan fingerprint density at radius 2 is 1.32 bits per heavy atom. The molecule has 0 bridgehead atoms. The predicted molar refractivity (Wildman–Crippen MR) is 135 cm³/mol. The number of anilines is 4. The van der Waals surface area contributed by atoms with Crippen molar-refractivity contribution in [2.24, 2.45) is 11.5 Å². The third kappa shape index (κ3) is 6.26. The molecule has 2 aliphatic rings. The van der Waals surface area contributed by atoms with Gasteiger partial charge in [-0.1, -0.05) is 12.5 Å². The molecule has 13 N–H and O–H groups in total. The molecule has 0 saturated heterocycles. The second-order valence-electron chi connectivity index (χ2n) is 8.64. The van der Waals surface area contributed by atoms with Gasteiger partial charge in [0, 0.05) is 18.6 Å². The smallest absolute Gasteiger partial charge is 0.0583 e. The molecule has 2 atom stereocenters. The molecular weight excluding hydrogens is 386 g/mol. The normalized spacial score (nSPS) is 19.1. The Kier molecular flexibility index (Phi) is 8.98. The minimum absolute atomic E-state index is 0.292. The summed E-state index contributed by atoms with van der Waals surface area (Å²) in [5.74, 6) is 0. The highest BCUT2D eigenvalue weighted by atomic mass is 14.8. The van der Waals surface area contributed by atoms with Gasteiger partial charge in [-0.05, 0) is 92.9 Å². The maximum atomic E-state index is 5.93. The number of benzene rings is 2. The summed E-state index contributed by atoms with van der Waals surface area (Å²) in [7, 11) is 1.90. The average molecular weight is 428 g/mol. The molecule has 0 aliphatic heterocycles. The average Bonchev–Trinajstić information content (AvgIpc) is 3.38. The van der Waals surface area contributed by atoms with Crippen LogP contribution in [0.15, 0.2) is 18.2 Å². The van der Waals surface area contributed by atoms with E-state index < -0.39 is 0 Å². The number of nitrogens with two attached hydrogens (primary N) is 6. The monoisotopic (exact) mass is 427 g/mol. The first-order valence-corrected chi connectivity index (χ1v) is 11.1. The molecule has 7 nitrogen and oxygen atoms in total. The molecule has 172 valence electrons. The lowest BCUT2D eigenvalue weighted by atomic mass is 9.96. The van der Waals surface area contributed by atoms with E-state index in [0.717, 1.165) is 36.3 Å². The fourth-order valence-corrected chi connectivity index (χ4v) is 4.26. The van der Waals surface area contributed by atoms with Crippen molar-refractivity contribution in [2.75, 3.05) is 30.0 Å². The molecule has 1 saturated carbocycles. The van der Waals surface area contributed by atoms with Gasteiger partial charge in [-0.2, -0.15) is 0 Å². The highest BCUT2D eigenvalue weighted by molar-refractivity contribution is 5.75. The van der Waals surface area contributed by atoms with E-state index in [1.165, 1.54) is 47.9 Å². The summed E-state index contributed by atoms with van der Waals surface area (Å²) in [6.45, 7) is 4.98. The van der Waals surface area contributed by atoms with Crippen LogP contribution < -0.4 is 39.7 Å². The van der Waals surface area contributed by atoms with E-state index in [9.17, 15) is 0 Å². The van der Waals surface area contributed by atoms with Crippen LogP contribution in [-0.4, -0.2) is 19.1 Å². The van der Waals surface area contributed by atoms with Crippen molar-refractivity contribution in [3.63, 3.8) is 0 Å². The van der Waals surface area contributed by atoms with E-state index in [4.69, 9.17) is 34.4 Å². The first kappa shape index (κ1) is 24.8. The van der Waals surface area contributed by atoms with Crippen LogP contribution >= 0.6 is 0 Å². The zero-order valence-electron chi connectivity index (χ0n) is 19.3. The van der Waals surface area contributed by atoms with Crippen LogP contribution in [0, 0.1) is 13.8 Å². The maximum absolute atomic E-state index is 5.93. The Labute approximate surface area is 186 Å². The van der Waals surface area contributed by atoms with Gasteiger partial charge in [0.05, 0.1) is 22.7 Å². The van der Waals surface area contributed by atoms with Gasteiger partial charge in [0.1, 0.15) is 0 Å². The Bertz CT molecular complexity index is 836. The summed E-state index contributed by atoms with van der Waals surface area (Å²) >= 11 is 0. The molecule has 0 heterocycles. The van der Waals surface area contributed by atoms with Crippen LogP contribution in [0.3, 0.4) is 0 Å². The van der Waals surface area contributed by atoms with Crippen molar-refractivity contribution in [1.29, 1.82) is 0 Å². The Balaban J connectivity index is 0.000000173. The molecule has 0 spiro atoms. The molecule has 2 aromatic carbocycles. The first-order chi connectivity index (χ1) is 14.7. The molecule has 2 aromatic rings. The summed E-state index contributed by atoms with van der Waals surface area (Å²) in [6.07, 6.45) is 7.07. The Morgan fingerprint density at radius 3 is 1.71 bits per heavy atom. The Hall–Kier alpha value is -2.48. The number of hydrogen-bond acceptors (Lipinski definition) is 7. The van der Waals surface area contributed by atoms with Gasteiger partial charge in [0.25, 0.3) is 0 Å². The second-order valence-corrected chi connectivity index (χ2v) is 8.64. The van der Waals surface area contributed by atoms with Gasteiger partial charge < -0.3 is 39.7 Å². The summed E-state index contributed by atoms with van der Waals surface area (Å²) in [4.78, 5) is 0. The second kappa shape index (κ2) is 11.2. The topological polar surface area (TPSA) is 168 Å². The van der Waals surface area contributed by atoms with E-state index in [-0.39, 0.29) is 0 Å². The molecule has 2 unspecified atom stereocenters. The van der Waals surface area contributed by atoms with Crippen LogP contribution in [0.1, 0.15) is 53.5 Å². The molecule has 0 radical (unpaired) electrons. The minimum atomic E-state index is 0.292. The Morgan fingerprint density at radius 1 is 0.806 bits per heavy atom. The third-order valence-corrected chi connectivity index (χ3v) is 6.38. The minimum Gasteiger partial charge on any atom is -0.397 e. The van der Waals surface area contributed by atoms with Gasteiger partial charge in [-0.25, -0.2) is 0 Å². The largest absolute Gasteiger partial charge is 0.397 e. The van der Waals surface area contributed by atoms with Crippen molar-refractivity contribution in [1.82, 2.24) is 5.32 Å². The van der Waals surface area contributed by atoms with E-state index in [2.05, 4.69) is 19.2 Å². The van der Waals surface area contributed by atoms with E-state index in [0.29, 0.717) is 23.5 Å². The van der Waals surface area contributed by atoms with E-state index in [1.807, 2.05) is 25.2 Å². The van der Waals surface area contributed by atoms with Crippen molar-refractivity contribution < 1.29 is 0 Å². The molecule has 1 fully saturated rings.